The highest BCUT2D eigenvalue weighted by Crippen LogP contribution is 2.22. The lowest BCUT2D eigenvalue weighted by Gasteiger charge is -2.36. The second-order valence-electron chi connectivity index (χ2n) is 4.78. The monoisotopic (exact) mass is 254 g/mol. The Morgan fingerprint density at radius 2 is 2.06 bits per heavy atom. The molecule has 0 amide bonds. The second kappa shape index (κ2) is 5.23. The molecule has 0 saturated carbocycles. The van der Waals surface area contributed by atoms with Gasteiger partial charge in [0, 0.05) is 25.2 Å². The molecular weight excluding hydrogens is 236 g/mol. The van der Waals surface area contributed by atoms with E-state index >= 15 is 0 Å². The van der Waals surface area contributed by atoms with Gasteiger partial charge >= 0.3 is 0 Å². The molecule has 2 heterocycles. The van der Waals surface area contributed by atoms with Gasteiger partial charge in [0.25, 0.3) is 0 Å². The summed E-state index contributed by atoms with van der Waals surface area (Å²) >= 11 is 5.81. The first-order chi connectivity index (χ1) is 8.10. The zero-order valence-electron chi connectivity index (χ0n) is 10.6. The summed E-state index contributed by atoms with van der Waals surface area (Å²) in [7, 11) is 0. The van der Waals surface area contributed by atoms with Crippen molar-refractivity contribution in [3.05, 3.63) is 23.4 Å². The van der Waals surface area contributed by atoms with Crippen LogP contribution in [0, 0.1) is 6.92 Å². The Morgan fingerprint density at radius 3 is 2.59 bits per heavy atom. The smallest absolute Gasteiger partial charge is 0.131 e. The molecule has 3 nitrogen and oxygen atoms in total. The van der Waals surface area contributed by atoms with E-state index in [-0.39, 0.29) is 12.2 Å². The van der Waals surface area contributed by atoms with Crippen molar-refractivity contribution in [3.63, 3.8) is 0 Å². The molecule has 0 aliphatic carbocycles. The zero-order chi connectivity index (χ0) is 12.4. The molecule has 1 saturated heterocycles. The van der Waals surface area contributed by atoms with Gasteiger partial charge in [0.15, 0.2) is 0 Å². The molecule has 17 heavy (non-hydrogen) atoms. The third-order valence-electron chi connectivity index (χ3n) is 2.98. The van der Waals surface area contributed by atoms with E-state index in [1.54, 1.807) is 0 Å². The molecule has 0 N–H and O–H groups in total. The molecule has 1 aromatic heterocycles. The van der Waals surface area contributed by atoms with E-state index in [2.05, 4.69) is 36.7 Å². The Labute approximate surface area is 108 Å². The Morgan fingerprint density at radius 1 is 1.41 bits per heavy atom. The molecule has 4 heteroatoms. The van der Waals surface area contributed by atoms with E-state index in [0.717, 1.165) is 24.5 Å². The van der Waals surface area contributed by atoms with Gasteiger partial charge in [-0.05, 0) is 38.0 Å². The van der Waals surface area contributed by atoms with Crippen LogP contribution < -0.4 is 4.90 Å². The summed E-state index contributed by atoms with van der Waals surface area (Å²) in [6, 6.07) is 2.11. The Kier molecular flexibility index (Phi) is 3.89. The number of hydrogen-bond donors (Lipinski definition) is 0. The number of aryl methyl sites for hydroxylation is 1. The van der Waals surface area contributed by atoms with Crippen molar-refractivity contribution in [3.8, 4) is 0 Å². The van der Waals surface area contributed by atoms with Crippen LogP contribution in [0.2, 0.25) is 0 Å². The highest BCUT2D eigenvalue weighted by atomic mass is 35.5. The maximum Gasteiger partial charge on any atom is 0.131 e. The van der Waals surface area contributed by atoms with E-state index in [1.165, 1.54) is 5.56 Å². The normalized spacial score (nSPS) is 25.1. The molecule has 0 unspecified atom stereocenters. The first-order valence-electron chi connectivity index (χ1n) is 6.02. The van der Waals surface area contributed by atoms with Gasteiger partial charge in [-0.15, -0.1) is 11.6 Å². The SMILES string of the molecule is Cc1cc(CCl)cnc1N1C[C@@H](C)O[C@@H](C)C1. The first kappa shape index (κ1) is 12.7. The van der Waals surface area contributed by atoms with E-state index in [1.807, 2.05) is 6.20 Å². The molecule has 1 aromatic rings. The first-order valence-corrected chi connectivity index (χ1v) is 6.55. The van der Waals surface area contributed by atoms with Crippen molar-refractivity contribution < 1.29 is 4.74 Å². The number of alkyl halides is 1. The van der Waals surface area contributed by atoms with Crippen LogP contribution in [-0.2, 0) is 10.6 Å². The fourth-order valence-electron chi connectivity index (χ4n) is 2.38. The largest absolute Gasteiger partial charge is 0.372 e. The van der Waals surface area contributed by atoms with E-state index in [9.17, 15) is 0 Å². The third kappa shape index (κ3) is 2.90. The zero-order valence-corrected chi connectivity index (χ0v) is 11.4. The summed E-state index contributed by atoms with van der Waals surface area (Å²) in [4.78, 5) is 6.83. The number of aromatic nitrogens is 1. The number of morpholine rings is 1. The standard InChI is InChI=1S/C13H19ClN2O/c1-9-4-12(5-14)6-15-13(9)16-7-10(2)17-11(3)8-16/h4,6,10-11H,5,7-8H2,1-3H3/t10-,11+. The average molecular weight is 255 g/mol. The van der Waals surface area contributed by atoms with E-state index < -0.39 is 0 Å². The fourth-order valence-corrected chi connectivity index (χ4v) is 2.53. The average Bonchev–Trinajstić information content (AvgIpc) is 2.27. The number of anilines is 1. The van der Waals surface area contributed by atoms with Crippen LogP contribution >= 0.6 is 11.6 Å². The lowest BCUT2D eigenvalue weighted by molar-refractivity contribution is -0.00549. The predicted octanol–water partition coefficient (Wildman–Crippen LogP) is 2.74. The lowest BCUT2D eigenvalue weighted by atomic mass is 10.1. The van der Waals surface area contributed by atoms with Crippen molar-refractivity contribution in [1.82, 2.24) is 4.98 Å². The van der Waals surface area contributed by atoms with Gasteiger partial charge < -0.3 is 9.64 Å². The van der Waals surface area contributed by atoms with Crippen molar-refractivity contribution in [2.75, 3.05) is 18.0 Å². The summed E-state index contributed by atoms with van der Waals surface area (Å²) in [5.74, 6) is 1.57. The number of hydrogen-bond acceptors (Lipinski definition) is 3. The van der Waals surface area contributed by atoms with Gasteiger partial charge in [0.1, 0.15) is 5.82 Å². The molecule has 0 radical (unpaired) electrons. The number of halogens is 1. The van der Waals surface area contributed by atoms with Crippen LogP contribution in [0.3, 0.4) is 0 Å². The Hall–Kier alpha value is -0.800. The maximum absolute atomic E-state index is 5.81. The van der Waals surface area contributed by atoms with Gasteiger partial charge in [0.05, 0.1) is 12.2 Å². The van der Waals surface area contributed by atoms with E-state index in [0.29, 0.717) is 5.88 Å². The molecule has 1 fully saturated rings. The number of ether oxygens (including phenoxy) is 1. The second-order valence-corrected chi connectivity index (χ2v) is 5.05. The topological polar surface area (TPSA) is 25.4 Å². The van der Waals surface area contributed by atoms with Crippen LogP contribution in [0.15, 0.2) is 12.3 Å². The summed E-state index contributed by atoms with van der Waals surface area (Å²) < 4.78 is 5.73. The van der Waals surface area contributed by atoms with Crippen molar-refractivity contribution in [2.24, 2.45) is 0 Å². The summed E-state index contributed by atoms with van der Waals surface area (Å²) in [5.41, 5.74) is 2.26. The molecule has 0 bridgehead atoms. The lowest BCUT2D eigenvalue weighted by Crippen LogP contribution is -2.46. The minimum Gasteiger partial charge on any atom is -0.372 e. The number of rotatable bonds is 2. The number of pyridine rings is 1. The Balaban J connectivity index is 2.21. The van der Waals surface area contributed by atoms with Crippen LogP contribution in [0.4, 0.5) is 5.82 Å². The predicted molar refractivity (Wildman–Crippen MR) is 70.8 cm³/mol. The van der Waals surface area contributed by atoms with Crippen LogP contribution in [0.1, 0.15) is 25.0 Å². The summed E-state index contributed by atoms with van der Waals surface area (Å²) in [5, 5.41) is 0. The molecule has 94 valence electrons. The molecule has 2 atom stereocenters. The minimum atomic E-state index is 0.257. The molecule has 2 rings (SSSR count). The summed E-state index contributed by atoms with van der Waals surface area (Å²) in [6.07, 6.45) is 2.38. The van der Waals surface area contributed by atoms with Crippen molar-refractivity contribution >= 4 is 17.4 Å². The van der Waals surface area contributed by atoms with Gasteiger partial charge in [0.2, 0.25) is 0 Å². The molecular formula is C13H19ClN2O. The molecule has 0 aromatic carbocycles. The molecule has 1 aliphatic rings. The van der Waals surface area contributed by atoms with Gasteiger partial charge in [-0.2, -0.15) is 0 Å². The van der Waals surface area contributed by atoms with Crippen molar-refractivity contribution in [2.45, 2.75) is 38.9 Å². The van der Waals surface area contributed by atoms with Crippen LogP contribution in [0.5, 0.6) is 0 Å². The van der Waals surface area contributed by atoms with Crippen molar-refractivity contribution in [1.29, 1.82) is 0 Å². The highest BCUT2D eigenvalue weighted by Gasteiger charge is 2.24. The summed E-state index contributed by atoms with van der Waals surface area (Å²) in [6.45, 7) is 8.09. The molecule has 1 aliphatic heterocycles. The third-order valence-corrected chi connectivity index (χ3v) is 3.29. The minimum absolute atomic E-state index is 0.257. The maximum atomic E-state index is 5.81. The van der Waals surface area contributed by atoms with E-state index in [4.69, 9.17) is 16.3 Å². The fraction of sp³-hybridized carbons (Fsp3) is 0.615. The van der Waals surface area contributed by atoms with Crippen LogP contribution in [0.25, 0.3) is 0 Å². The Bertz CT molecular complexity index is 387. The van der Waals surface area contributed by atoms with Gasteiger partial charge in [-0.25, -0.2) is 4.98 Å². The van der Waals surface area contributed by atoms with Crippen LogP contribution in [-0.4, -0.2) is 30.3 Å². The molecule has 0 spiro atoms. The number of nitrogens with zero attached hydrogens (tertiary/aromatic N) is 2. The highest BCUT2D eigenvalue weighted by molar-refractivity contribution is 6.17. The van der Waals surface area contributed by atoms with Gasteiger partial charge in [-0.1, -0.05) is 0 Å². The quantitative estimate of drug-likeness (QED) is 0.759. The van der Waals surface area contributed by atoms with Gasteiger partial charge in [-0.3, -0.25) is 0 Å².